The molecule has 1 aromatic heterocycles. The number of nitrogens with zero attached hydrogens (tertiary/aromatic N) is 3. The Morgan fingerprint density at radius 1 is 1.32 bits per heavy atom. The first kappa shape index (κ1) is 13.5. The van der Waals surface area contributed by atoms with Gasteiger partial charge in [-0.15, -0.1) is 5.10 Å². The number of hydrogen-bond donors (Lipinski definition) is 0. The van der Waals surface area contributed by atoms with E-state index in [0.717, 1.165) is 36.6 Å². The maximum Gasteiger partial charge on any atom is 0.113 e. The van der Waals surface area contributed by atoms with Crippen LogP contribution in [0.1, 0.15) is 24.0 Å². The van der Waals surface area contributed by atoms with Crippen molar-refractivity contribution in [3.63, 3.8) is 0 Å². The highest BCUT2D eigenvalue weighted by Crippen LogP contribution is 2.28. The van der Waals surface area contributed by atoms with Crippen LogP contribution in [0.2, 0.25) is 0 Å². The Balaban J connectivity index is 1.52. The van der Waals surface area contributed by atoms with Gasteiger partial charge < -0.3 is 4.74 Å². The van der Waals surface area contributed by atoms with Gasteiger partial charge in [-0.3, -0.25) is 4.68 Å². The van der Waals surface area contributed by atoms with Gasteiger partial charge in [0.15, 0.2) is 0 Å². The van der Waals surface area contributed by atoms with Crippen molar-refractivity contribution in [2.24, 2.45) is 11.8 Å². The SMILES string of the molecule is Cc1cc(C#CC2CC2)ccc1-c1cn(CC2COC2)nn1. The van der Waals surface area contributed by atoms with Gasteiger partial charge in [0.25, 0.3) is 0 Å². The molecule has 1 aromatic carbocycles. The predicted octanol–water partition coefficient (Wildman–Crippen LogP) is 2.66. The Labute approximate surface area is 130 Å². The Morgan fingerprint density at radius 2 is 2.18 bits per heavy atom. The average Bonchev–Trinajstić information content (AvgIpc) is 3.19. The van der Waals surface area contributed by atoms with Crippen LogP contribution in [-0.4, -0.2) is 28.2 Å². The highest BCUT2D eigenvalue weighted by Gasteiger charge is 2.20. The molecule has 4 nitrogen and oxygen atoms in total. The van der Waals surface area contributed by atoms with Crippen molar-refractivity contribution in [3.05, 3.63) is 35.5 Å². The molecule has 0 spiro atoms. The summed E-state index contributed by atoms with van der Waals surface area (Å²) < 4.78 is 7.12. The van der Waals surface area contributed by atoms with Gasteiger partial charge in [-0.2, -0.15) is 0 Å². The van der Waals surface area contributed by atoms with Crippen LogP contribution in [0, 0.1) is 30.6 Å². The van der Waals surface area contributed by atoms with E-state index in [9.17, 15) is 0 Å². The number of benzene rings is 1. The lowest BCUT2D eigenvalue weighted by atomic mass is 10.0. The second kappa shape index (κ2) is 5.58. The molecule has 4 heteroatoms. The summed E-state index contributed by atoms with van der Waals surface area (Å²) in [4.78, 5) is 0. The molecule has 112 valence electrons. The Morgan fingerprint density at radius 3 is 2.86 bits per heavy atom. The standard InChI is InChI=1S/C18H19N3O/c1-13-8-15(5-4-14-2-3-14)6-7-17(13)18-10-21(20-19-18)9-16-11-22-12-16/h6-8,10,14,16H,2-3,9,11-12H2,1H3. The maximum absolute atomic E-state index is 5.20. The molecule has 1 aliphatic carbocycles. The zero-order chi connectivity index (χ0) is 14.9. The largest absolute Gasteiger partial charge is 0.381 e. The summed E-state index contributed by atoms with van der Waals surface area (Å²) in [7, 11) is 0. The zero-order valence-electron chi connectivity index (χ0n) is 12.7. The predicted molar refractivity (Wildman–Crippen MR) is 84.1 cm³/mol. The maximum atomic E-state index is 5.20. The van der Waals surface area contributed by atoms with Gasteiger partial charge in [-0.25, -0.2) is 0 Å². The molecule has 2 aromatic rings. The van der Waals surface area contributed by atoms with E-state index in [4.69, 9.17) is 4.74 Å². The minimum absolute atomic E-state index is 0.579. The third-order valence-corrected chi connectivity index (χ3v) is 4.19. The molecule has 1 aliphatic heterocycles. The molecule has 0 bridgehead atoms. The van der Waals surface area contributed by atoms with Gasteiger partial charge in [0.2, 0.25) is 0 Å². The summed E-state index contributed by atoms with van der Waals surface area (Å²) in [5.74, 6) is 7.79. The van der Waals surface area contributed by atoms with Crippen molar-refractivity contribution in [2.75, 3.05) is 13.2 Å². The van der Waals surface area contributed by atoms with Gasteiger partial charge >= 0.3 is 0 Å². The third-order valence-electron chi connectivity index (χ3n) is 4.19. The number of hydrogen-bond acceptors (Lipinski definition) is 3. The first-order valence-electron chi connectivity index (χ1n) is 7.88. The molecule has 2 fully saturated rings. The normalized spacial score (nSPS) is 17.7. The lowest BCUT2D eigenvalue weighted by molar-refractivity contribution is -0.0410. The fraction of sp³-hybridized carbons (Fsp3) is 0.444. The van der Waals surface area contributed by atoms with Crippen LogP contribution in [0.4, 0.5) is 0 Å². The van der Waals surface area contributed by atoms with Crippen molar-refractivity contribution in [3.8, 4) is 23.1 Å². The number of aromatic nitrogens is 3. The van der Waals surface area contributed by atoms with Crippen LogP contribution in [0.15, 0.2) is 24.4 Å². The molecule has 4 rings (SSSR count). The van der Waals surface area contributed by atoms with Crippen LogP contribution >= 0.6 is 0 Å². The minimum Gasteiger partial charge on any atom is -0.381 e. The summed E-state index contributed by atoms with van der Waals surface area (Å²) in [5.41, 5.74) is 4.35. The van der Waals surface area contributed by atoms with E-state index in [1.165, 1.54) is 18.4 Å². The van der Waals surface area contributed by atoms with E-state index in [0.29, 0.717) is 11.8 Å². The van der Waals surface area contributed by atoms with Gasteiger partial charge in [-0.05, 0) is 37.5 Å². The van der Waals surface area contributed by atoms with Crippen LogP contribution in [0.25, 0.3) is 11.3 Å². The minimum atomic E-state index is 0.579. The molecule has 0 N–H and O–H groups in total. The van der Waals surface area contributed by atoms with Crippen molar-refractivity contribution >= 4 is 0 Å². The molecular weight excluding hydrogens is 274 g/mol. The van der Waals surface area contributed by atoms with Gasteiger partial charge in [-0.1, -0.05) is 23.1 Å². The summed E-state index contributed by atoms with van der Waals surface area (Å²) in [6.07, 6.45) is 4.55. The third kappa shape index (κ3) is 2.90. The zero-order valence-corrected chi connectivity index (χ0v) is 12.7. The van der Waals surface area contributed by atoms with Crippen LogP contribution in [0.5, 0.6) is 0 Å². The van der Waals surface area contributed by atoms with E-state index in [1.807, 2.05) is 10.9 Å². The van der Waals surface area contributed by atoms with Crippen molar-refractivity contribution in [1.29, 1.82) is 0 Å². The summed E-state index contributed by atoms with van der Waals surface area (Å²) >= 11 is 0. The summed E-state index contributed by atoms with van der Waals surface area (Å²) in [6, 6.07) is 6.33. The van der Waals surface area contributed by atoms with E-state index >= 15 is 0 Å². The molecule has 0 atom stereocenters. The van der Waals surface area contributed by atoms with E-state index < -0.39 is 0 Å². The first-order valence-corrected chi connectivity index (χ1v) is 7.88. The van der Waals surface area contributed by atoms with E-state index in [-0.39, 0.29) is 0 Å². The van der Waals surface area contributed by atoms with Gasteiger partial charge in [0.05, 0.1) is 19.4 Å². The second-order valence-electron chi connectivity index (χ2n) is 6.30. The van der Waals surface area contributed by atoms with E-state index in [2.05, 4.69) is 47.3 Å². The molecular formula is C18H19N3O. The van der Waals surface area contributed by atoms with Crippen molar-refractivity contribution in [2.45, 2.75) is 26.3 Å². The van der Waals surface area contributed by atoms with Crippen LogP contribution in [-0.2, 0) is 11.3 Å². The lowest BCUT2D eigenvalue weighted by Gasteiger charge is -2.25. The van der Waals surface area contributed by atoms with E-state index in [1.54, 1.807) is 0 Å². The molecule has 0 amide bonds. The number of aryl methyl sites for hydroxylation is 1. The molecule has 1 saturated heterocycles. The first-order chi connectivity index (χ1) is 10.8. The Bertz CT molecular complexity index is 745. The Kier molecular flexibility index (Phi) is 3.44. The molecule has 0 unspecified atom stereocenters. The number of rotatable bonds is 3. The van der Waals surface area contributed by atoms with Crippen molar-refractivity contribution in [1.82, 2.24) is 15.0 Å². The summed E-state index contributed by atoms with van der Waals surface area (Å²) in [6.45, 7) is 4.67. The monoisotopic (exact) mass is 293 g/mol. The van der Waals surface area contributed by atoms with Crippen molar-refractivity contribution < 1.29 is 4.74 Å². The molecule has 2 aliphatic rings. The molecule has 0 radical (unpaired) electrons. The molecule has 22 heavy (non-hydrogen) atoms. The van der Waals surface area contributed by atoms with Gasteiger partial charge in [0.1, 0.15) is 5.69 Å². The highest BCUT2D eigenvalue weighted by molar-refractivity contribution is 5.64. The van der Waals surface area contributed by atoms with Gasteiger partial charge in [0, 0.05) is 29.5 Å². The topological polar surface area (TPSA) is 39.9 Å². The fourth-order valence-electron chi connectivity index (χ4n) is 2.61. The summed E-state index contributed by atoms with van der Waals surface area (Å²) in [5, 5.41) is 8.54. The Hall–Kier alpha value is -2.12. The van der Waals surface area contributed by atoms with Crippen LogP contribution < -0.4 is 0 Å². The van der Waals surface area contributed by atoms with Crippen LogP contribution in [0.3, 0.4) is 0 Å². The second-order valence-corrected chi connectivity index (χ2v) is 6.30. The molecule has 1 saturated carbocycles. The molecule has 2 heterocycles. The fourth-order valence-corrected chi connectivity index (χ4v) is 2.61. The highest BCUT2D eigenvalue weighted by atomic mass is 16.5. The number of ether oxygens (including phenoxy) is 1. The smallest absolute Gasteiger partial charge is 0.113 e. The average molecular weight is 293 g/mol. The lowest BCUT2D eigenvalue weighted by Crippen LogP contribution is -2.31. The quantitative estimate of drug-likeness (QED) is 0.817.